The Bertz CT molecular complexity index is 877. The Balaban J connectivity index is 1.52. The Labute approximate surface area is 183 Å². The molecule has 2 heterocycles. The van der Waals surface area contributed by atoms with Gasteiger partial charge in [-0.1, -0.05) is 11.6 Å². The number of benzene rings is 1. The minimum absolute atomic E-state index is 0.151. The first kappa shape index (κ1) is 22.7. The van der Waals surface area contributed by atoms with Gasteiger partial charge in [-0.05, 0) is 37.8 Å². The number of amides is 2. The molecule has 11 heteroatoms. The monoisotopic (exact) mass is 454 g/mol. The highest BCUT2D eigenvalue weighted by Gasteiger charge is 2.35. The van der Waals surface area contributed by atoms with E-state index in [-0.39, 0.29) is 29.7 Å². The molecule has 2 aliphatic rings. The first-order valence-electron chi connectivity index (χ1n) is 9.87. The molecule has 10 nitrogen and oxygen atoms in total. The molecule has 0 radical (unpaired) electrons. The van der Waals surface area contributed by atoms with E-state index in [1.54, 1.807) is 0 Å². The maximum atomic E-state index is 12.3. The molecule has 1 aromatic carbocycles. The third-order valence-electron chi connectivity index (χ3n) is 5.33. The Morgan fingerprint density at radius 1 is 0.903 bits per heavy atom. The summed E-state index contributed by atoms with van der Waals surface area (Å²) >= 11 is 6.16. The standard InChI is InChI=1S/C20H23ClN2O8/c21-13-9-12(30-10-17(24)22-7-1-3-14(22)19(26)27)5-6-16(13)31-11-18(25)23-8-2-4-15(23)20(28)29/h5-6,9,14-15H,1-4,7-8,10-11H2,(H,26,27)(H,28,29). The quantitative estimate of drug-likeness (QED) is 0.599. The van der Waals surface area contributed by atoms with Gasteiger partial charge in [-0.15, -0.1) is 0 Å². The fraction of sp³-hybridized carbons (Fsp3) is 0.500. The van der Waals surface area contributed by atoms with Crippen LogP contribution in [-0.4, -0.2) is 82.2 Å². The second-order valence-electron chi connectivity index (χ2n) is 7.34. The molecule has 0 bridgehead atoms. The molecule has 1 aromatic rings. The summed E-state index contributed by atoms with van der Waals surface area (Å²) in [5.74, 6) is -2.44. The van der Waals surface area contributed by atoms with Crippen molar-refractivity contribution in [2.45, 2.75) is 37.8 Å². The molecule has 0 saturated carbocycles. The van der Waals surface area contributed by atoms with E-state index in [9.17, 15) is 19.2 Å². The van der Waals surface area contributed by atoms with Crippen LogP contribution in [0.1, 0.15) is 25.7 Å². The number of hydrogen-bond acceptors (Lipinski definition) is 6. The normalized spacial score (nSPS) is 20.5. The summed E-state index contributed by atoms with van der Waals surface area (Å²) in [6.45, 7) is 0.0615. The molecule has 31 heavy (non-hydrogen) atoms. The maximum Gasteiger partial charge on any atom is 0.326 e. The molecule has 2 N–H and O–H groups in total. The van der Waals surface area contributed by atoms with Crippen LogP contribution in [0.15, 0.2) is 18.2 Å². The van der Waals surface area contributed by atoms with E-state index in [1.807, 2.05) is 0 Å². The minimum atomic E-state index is -1.04. The van der Waals surface area contributed by atoms with Gasteiger partial charge in [-0.3, -0.25) is 9.59 Å². The summed E-state index contributed by atoms with van der Waals surface area (Å²) in [5.41, 5.74) is 0. The van der Waals surface area contributed by atoms with E-state index < -0.39 is 35.8 Å². The predicted octanol–water partition coefficient (Wildman–Crippen LogP) is 1.25. The number of hydrogen-bond donors (Lipinski definition) is 2. The van der Waals surface area contributed by atoms with Crippen LogP contribution in [0.2, 0.25) is 5.02 Å². The van der Waals surface area contributed by atoms with Gasteiger partial charge in [0.15, 0.2) is 13.2 Å². The fourth-order valence-electron chi connectivity index (χ4n) is 3.78. The fourth-order valence-corrected chi connectivity index (χ4v) is 4.01. The molecule has 2 fully saturated rings. The van der Waals surface area contributed by atoms with E-state index in [0.29, 0.717) is 38.8 Å². The van der Waals surface area contributed by atoms with Gasteiger partial charge in [-0.2, -0.15) is 0 Å². The molecule has 2 unspecified atom stereocenters. The maximum absolute atomic E-state index is 12.3. The Hall–Kier alpha value is -3.01. The van der Waals surface area contributed by atoms with Crippen LogP contribution >= 0.6 is 11.6 Å². The van der Waals surface area contributed by atoms with Crippen molar-refractivity contribution in [2.24, 2.45) is 0 Å². The topological polar surface area (TPSA) is 134 Å². The van der Waals surface area contributed by atoms with Crippen LogP contribution in [0.4, 0.5) is 0 Å². The summed E-state index contributed by atoms with van der Waals surface area (Å²) in [7, 11) is 0. The summed E-state index contributed by atoms with van der Waals surface area (Å²) in [5, 5.41) is 18.5. The molecule has 3 rings (SSSR count). The molecular formula is C20H23ClN2O8. The molecule has 2 amide bonds. The third-order valence-corrected chi connectivity index (χ3v) is 5.63. The van der Waals surface area contributed by atoms with Crippen LogP contribution in [0.3, 0.4) is 0 Å². The Morgan fingerprint density at radius 3 is 1.90 bits per heavy atom. The van der Waals surface area contributed by atoms with Crippen LogP contribution in [-0.2, 0) is 19.2 Å². The summed E-state index contributed by atoms with van der Waals surface area (Å²) in [6.07, 6.45) is 2.09. The van der Waals surface area contributed by atoms with Crippen molar-refractivity contribution in [3.63, 3.8) is 0 Å². The zero-order valence-electron chi connectivity index (χ0n) is 16.7. The summed E-state index contributed by atoms with van der Waals surface area (Å²) in [6, 6.07) is 2.74. The van der Waals surface area contributed by atoms with Crippen molar-refractivity contribution in [2.75, 3.05) is 26.3 Å². The number of nitrogens with zero attached hydrogens (tertiary/aromatic N) is 2. The molecule has 168 valence electrons. The van der Waals surface area contributed by atoms with Gasteiger partial charge >= 0.3 is 11.9 Å². The van der Waals surface area contributed by atoms with E-state index in [4.69, 9.17) is 31.3 Å². The largest absolute Gasteiger partial charge is 0.484 e. The van der Waals surface area contributed by atoms with Crippen molar-refractivity contribution in [1.82, 2.24) is 9.80 Å². The van der Waals surface area contributed by atoms with Gasteiger partial charge in [0.2, 0.25) is 0 Å². The molecule has 2 atom stereocenters. The zero-order valence-corrected chi connectivity index (χ0v) is 17.4. The van der Waals surface area contributed by atoms with Crippen molar-refractivity contribution in [3.8, 4) is 11.5 Å². The first-order valence-corrected chi connectivity index (χ1v) is 10.3. The lowest BCUT2D eigenvalue weighted by molar-refractivity contribution is -0.149. The third kappa shape index (κ3) is 5.38. The number of halogens is 1. The number of carbonyl (C=O) groups excluding carboxylic acids is 2. The highest BCUT2D eigenvalue weighted by Crippen LogP contribution is 2.29. The second-order valence-corrected chi connectivity index (χ2v) is 7.74. The average molecular weight is 455 g/mol. The average Bonchev–Trinajstić information content (AvgIpc) is 3.40. The van der Waals surface area contributed by atoms with Crippen molar-refractivity contribution < 1.29 is 38.9 Å². The number of carboxylic acids is 2. The lowest BCUT2D eigenvalue weighted by atomic mass is 10.2. The predicted molar refractivity (Wildman–Crippen MR) is 107 cm³/mol. The Kier molecular flexibility index (Phi) is 7.21. The minimum Gasteiger partial charge on any atom is -0.484 e. The van der Waals surface area contributed by atoms with E-state index in [2.05, 4.69) is 0 Å². The smallest absolute Gasteiger partial charge is 0.326 e. The molecule has 0 aliphatic carbocycles. The van der Waals surface area contributed by atoms with E-state index in [0.717, 1.165) is 0 Å². The lowest BCUT2D eigenvalue weighted by Gasteiger charge is -2.22. The SMILES string of the molecule is O=C(O)C1CCCN1C(=O)COc1ccc(OCC(=O)N2CCCC2C(=O)O)c(Cl)c1. The molecular weight excluding hydrogens is 432 g/mol. The number of aliphatic carboxylic acids is 2. The number of ether oxygens (including phenoxy) is 2. The van der Waals surface area contributed by atoms with E-state index >= 15 is 0 Å². The van der Waals surface area contributed by atoms with Crippen molar-refractivity contribution in [1.29, 1.82) is 0 Å². The second kappa shape index (κ2) is 9.86. The van der Waals surface area contributed by atoms with Crippen LogP contribution in [0.25, 0.3) is 0 Å². The van der Waals surface area contributed by atoms with Crippen LogP contribution < -0.4 is 9.47 Å². The molecule has 2 saturated heterocycles. The van der Waals surface area contributed by atoms with Crippen LogP contribution in [0, 0.1) is 0 Å². The van der Waals surface area contributed by atoms with Gasteiger partial charge < -0.3 is 29.5 Å². The van der Waals surface area contributed by atoms with Crippen molar-refractivity contribution in [3.05, 3.63) is 23.2 Å². The number of carbonyl (C=O) groups is 4. The van der Waals surface area contributed by atoms with Crippen molar-refractivity contribution >= 4 is 35.4 Å². The number of rotatable bonds is 8. The van der Waals surface area contributed by atoms with Gasteiger partial charge in [0.25, 0.3) is 11.8 Å². The van der Waals surface area contributed by atoms with Gasteiger partial charge in [0.05, 0.1) is 5.02 Å². The highest BCUT2D eigenvalue weighted by molar-refractivity contribution is 6.32. The van der Waals surface area contributed by atoms with Crippen LogP contribution in [0.5, 0.6) is 11.5 Å². The zero-order chi connectivity index (χ0) is 22.5. The number of likely N-dealkylation sites (tertiary alicyclic amines) is 2. The van der Waals surface area contributed by atoms with Gasteiger partial charge in [0, 0.05) is 19.2 Å². The summed E-state index contributed by atoms with van der Waals surface area (Å²) < 4.78 is 10.9. The molecule has 0 aromatic heterocycles. The first-order chi connectivity index (χ1) is 14.8. The Morgan fingerprint density at radius 2 is 1.42 bits per heavy atom. The molecule has 2 aliphatic heterocycles. The molecule has 0 spiro atoms. The van der Waals surface area contributed by atoms with Gasteiger partial charge in [-0.25, -0.2) is 9.59 Å². The lowest BCUT2D eigenvalue weighted by Crippen LogP contribution is -2.42. The number of carboxylic acid groups (broad SMARTS) is 2. The highest BCUT2D eigenvalue weighted by atomic mass is 35.5. The van der Waals surface area contributed by atoms with Gasteiger partial charge in [0.1, 0.15) is 23.6 Å². The van der Waals surface area contributed by atoms with E-state index in [1.165, 1.54) is 28.0 Å². The summed E-state index contributed by atoms with van der Waals surface area (Å²) in [4.78, 5) is 49.5.